The number of benzene rings is 1. The lowest BCUT2D eigenvalue weighted by molar-refractivity contribution is 0.124. The molecule has 0 saturated carbocycles. The van der Waals surface area contributed by atoms with E-state index >= 15 is 0 Å². The molecular formula is C18H29NO. The number of hydrogen-bond donors (Lipinski definition) is 2. The number of aliphatic hydroxyl groups excluding tert-OH is 1. The van der Waals surface area contributed by atoms with Crippen molar-refractivity contribution in [1.29, 1.82) is 0 Å². The molecule has 0 radical (unpaired) electrons. The fourth-order valence-corrected chi connectivity index (χ4v) is 3.26. The Hall–Kier alpha value is -0.860. The van der Waals surface area contributed by atoms with E-state index in [0.29, 0.717) is 5.92 Å². The van der Waals surface area contributed by atoms with E-state index in [-0.39, 0.29) is 12.1 Å². The number of nitrogens with two attached hydrogens (primary N) is 1. The fourth-order valence-electron chi connectivity index (χ4n) is 3.26. The van der Waals surface area contributed by atoms with Crippen molar-refractivity contribution in [2.75, 3.05) is 0 Å². The highest BCUT2D eigenvalue weighted by atomic mass is 16.3. The van der Waals surface area contributed by atoms with Gasteiger partial charge in [0.25, 0.3) is 0 Å². The summed E-state index contributed by atoms with van der Waals surface area (Å²) in [6.07, 6.45) is 7.40. The molecule has 1 aliphatic carbocycles. The SMILES string of the molecule is CCCC(N)C(O)CC(C)c1ccc2c(c1)CCCC2. The molecule has 3 N–H and O–H groups in total. The summed E-state index contributed by atoms with van der Waals surface area (Å²) in [5.74, 6) is 0.375. The minimum absolute atomic E-state index is 0.0833. The van der Waals surface area contributed by atoms with Gasteiger partial charge in [0, 0.05) is 6.04 Å². The predicted molar refractivity (Wildman–Crippen MR) is 85.0 cm³/mol. The van der Waals surface area contributed by atoms with E-state index in [2.05, 4.69) is 32.0 Å². The lowest BCUT2D eigenvalue weighted by Crippen LogP contribution is -2.35. The molecule has 3 atom stereocenters. The largest absolute Gasteiger partial charge is 0.391 e. The summed E-state index contributed by atoms with van der Waals surface area (Å²) in [4.78, 5) is 0. The second-order valence-corrected chi connectivity index (χ2v) is 6.39. The van der Waals surface area contributed by atoms with E-state index in [0.717, 1.165) is 19.3 Å². The van der Waals surface area contributed by atoms with Gasteiger partial charge in [-0.3, -0.25) is 0 Å². The van der Waals surface area contributed by atoms with Crippen LogP contribution in [0.2, 0.25) is 0 Å². The second kappa shape index (κ2) is 7.24. The molecule has 2 rings (SSSR count). The molecule has 0 aromatic heterocycles. The molecule has 20 heavy (non-hydrogen) atoms. The van der Waals surface area contributed by atoms with Gasteiger partial charge in [-0.1, -0.05) is 38.5 Å². The van der Waals surface area contributed by atoms with E-state index in [1.807, 2.05) is 0 Å². The van der Waals surface area contributed by atoms with Gasteiger partial charge in [0.1, 0.15) is 0 Å². The number of hydrogen-bond acceptors (Lipinski definition) is 2. The van der Waals surface area contributed by atoms with Crippen molar-refractivity contribution in [2.24, 2.45) is 5.73 Å². The molecule has 0 saturated heterocycles. The van der Waals surface area contributed by atoms with Crippen molar-refractivity contribution >= 4 is 0 Å². The lowest BCUT2D eigenvalue weighted by Gasteiger charge is -2.23. The average Bonchev–Trinajstić information content (AvgIpc) is 2.46. The second-order valence-electron chi connectivity index (χ2n) is 6.39. The molecule has 2 nitrogen and oxygen atoms in total. The Morgan fingerprint density at radius 1 is 1.20 bits per heavy atom. The maximum absolute atomic E-state index is 10.2. The van der Waals surface area contributed by atoms with Gasteiger partial charge in [-0.2, -0.15) is 0 Å². The topological polar surface area (TPSA) is 46.2 Å². The van der Waals surface area contributed by atoms with Crippen LogP contribution in [-0.4, -0.2) is 17.3 Å². The third-order valence-electron chi connectivity index (χ3n) is 4.65. The van der Waals surface area contributed by atoms with Gasteiger partial charge < -0.3 is 10.8 Å². The van der Waals surface area contributed by atoms with Crippen molar-refractivity contribution in [3.05, 3.63) is 34.9 Å². The van der Waals surface area contributed by atoms with Gasteiger partial charge in [0.15, 0.2) is 0 Å². The first-order chi connectivity index (χ1) is 9.61. The molecule has 1 aromatic rings. The highest BCUT2D eigenvalue weighted by Gasteiger charge is 2.19. The summed E-state index contributed by atoms with van der Waals surface area (Å²) in [5, 5.41) is 10.2. The molecule has 2 heteroatoms. The Bertz CT molecular complexity index is 429. The first-order valence-corrected chi connectivity index (χ1v) is 8.17. The minimum Gasteiger partial charge on any atom is -0.391 e. The third kappa shape index (κ3) is 3.83. The Kier molecular flexibility index (Phi) is 5.62. The number of fused-ring (bicyclic) bond motifs is 1. The summed E-state index contributed by atoms with van der Waals surface area (Å²) in [5.41, 5.74) is 10.4. The van der Waals surface area contributed by atoms with Crippen LogP contribution in [0.25, 0.3) is 0 Å². The van der Waals surface area contributed by atoms with Crippen molar-refractivity contribution < 1.29 is 5.11 Å². The molecule has 0 heterocycles. The summed E-state index contributed by atoms with van der Waals surface area (Å²) in [6.45, 7) is 4.31. The van der Waals surface area contributed by atoms with Gasteiger partial charge in [-0.05, 0) is 61.1 Å². The maximum Gasteiger partial charge on any atom is 0.0696 e. The molecule has 1 aromatic carbocycles. The smallest absolute Gasteiger partial charge is 0.0696 e. The molecule has 0 aliphatic heterocycles. The number of aryl methyl sites for hydroxylation is 2. The van der Waals surface area contributed by atoms with Crippen molar-refractivity contribution in [2.45, 2.75) is 76.9 Å². The first kappa shape index (κ1) is 15.5. The van der Waals surface area contributed by atoms with Crippen molar-refractivity contribution in [1.82, 2.24) is 0 Å². The van der Waals surface area contributed by atoms with E-state index in [9.17, 15) is 5.11 Å². The molecule has 1 aliphatic rings. The normalized spacial score (nSPS) is 19.2. The Morgan fingerprint density at radius 3 is 2.60 bits per heavy atom. The minimum atomic E-state index is -0.388. The average molecular weight is 275 g/mol. The zero-order chi connectivity index (χ0) is 14.5. The highest BCUT2D eigenvalue weighted by molar-refractivity contribution is 5.35. The molecule has 0 fully saturated rings. The summed E-state index contributed by atoms with van der Waals surface area (Å²) >= 11 is 0. The van der Waals surface area contributed by atoms with Crippen LogP contribution in [0.15, 0.2) is 18.2 Å². The molecule has 3 unspecified atom stereocenters. The van der Waals surface area contributed by atoms with E-state index in [1.165, 1.54) is 42.4 Å². The van der Waals surface area contributed by atoms with Crippen LogP contribution >= 0.6 is 0 Å². The van der Waals surface area contributed by atoms with Crippen LogP contribution in [0.3, 0.4) is 0 Å². The van der Waals surface area contributed by atoms with E-state index in [1.54, 1.807) is 0 Å². The van der Waals surface area contributed by atoms with E-state index < -0.39 is 0 Å². The molecule has 0 amide bonds. The number of rotatable bonds is 6. The molecule has 0 spiro atoms. The Labute approximate surface area is 123 Å². The Balaban J connectivity index is 2.00. The standard InChI is InChI=1S/C18H29NO/c1-3-6-17(19)18(20)11-13(2)15-10-9-14-7-4-5-8-16(14)12-15/h9-10,12-13,17-18,20H,3-8,11,19H2,1-2H3. The van der Waals surface area contributed by atoms with Crippen LogP contribution in [0.5, 0.6) is 0 Å². The fraction of sp³-hybridized carbons (Fsp3) is 0.667. The zero-order valence-electron chi connectivity index (χ0n) is 12.9. The zero-order valence-corrected chi connectivity index (χ0v) is 12.9. The highest BCUT2D eigenvalue weighted by Crippen LogP contribution is 2.28. The van der Waals surface area contributed by atoms with Crippen LogP contribution in [0.1, 0.15) is 68.6 Å². The van der Waals surface area contributed by atoms with Crippen molar-refractivity contribution in [3.63, 3.8) is 0 Å². The molecular weight excluding hydrogens is 246 g/mol. The van der Waals surface area contributed by atoms with Crippen molar-refractivity contribution in [3.8, 4) is 0 Å². The molecule has 0 bridgehead atoms. The van der Waals surface area contributed by atoms with Gasteiger partial charge in [0.2, 0.25) is 0 Å². The van der Waals surface area contributed by atoms with Gasteiger partial charge in [-0.15, -0.1) is 0 Å². The lowest BCUT2D eigenvalue weighted by atomic mass is 9.85. The van der Waals surface area contributed by atoms with Gasteiger partial charge >= 0.3 is 0 Å². The quantitative estimate of drug-likeness (QED) is 0.834. The number of aliphatic hydroxyl groups is 1. The summed E-state index contributed by atoms with van der Waals surface area (Å²) in [6, 6.07) is 6.81. The maximum atomic E-state index is 10.2. The monoisotopic (exact) mass is 275 g/mol. The third-order valence-corrected chi connectivity index (χ3v) is 4.65. The predicted octanol–water partition coefficient (Wildman–Crippen LogP) is 3.55. The first-order valence-electron chi connectivity index (χ1n) is 8.17. The van der Waals surface area contributed by atoms with Crippen LogP contribution in [0.4, 0.5) is 0 Å². The Morgan fingerprint density at radius 2 is 1.90 bits per heavy atom. The van der Waals surface area contributed by atoms with Gasteiger partial charge in [0.05, 0.1) is 6.10 Å². The van der Waals surface area contributed by atoms with Crippen LogP contribution in [-0.2, 0) is 12.8 Å². The summed E-state index contributed by atoms with van der Waals surface area (Å²) in [7, 11) is 0. The molecule has 112 valence electrons. The van der Waals surface area contributed by atoms with Crippen LogP contribution in [0, 0.1) is 0 Å². The van der Waals surface area contributed by atoms with E-state index in [4.69, 9.17) is 5.73 Å². The van der Waals surface area contributed by atoms with Gasteiger partial charge in [-0.25, -0.2) is 0 Å². The van der Waals surface area contributed by atoms with Crippen LogP contribution < -0.4 is 5.73 Å². The summed E-state index contributed by atoms with van der Waals surface area (Å²) < 4.78 is 0.